The number of hydrogen-bond acceptors (Lipinski definition) is 2. The molecule has 1 aliphatic rings. The molecule has 0 aliphatic heterocycles. The molecule has 0 amide bonds. The Morgan fingerprint density at radius 3 is 2.27 bits per heavy atom. The van der Waals surface area contributed by atoms with E-state index >= 15 is 0 Å². The zero-order valence-electron chi connectivity index (χ0n) is 10.8. The molecule has 1 aliphatic carbocycles. The Labute approximate surface area is 94.7 Å². The molecule has 2 heteroatoms. The Morgan fingerprint density at radius 1 is 1.33 bits per heavy atom. The lowest BCUT2D eigenvalue weighted by Crippen LogP contribution is -2.47. The molecule has 0 aromatic carbocycles. The van der Waals surface area contributed by atoms with Crippen LogP contribution in [-0.4, -0.2) is 34.7 Å². The number of nitrogens with zero attached hydrogens (tertiary/aromatic N) is 1. The van der Waals surface area contributed by atoms with Crippen molar-refractivity contribution >= 4 is 0 Å². The van der Waals surface area contributed by atoms with Crippen molar-refractivity contribution in [1.29, 1.82) is 0 Å². The van der Waals surface area contributed by atoms with E-state index in [-0.39, 0.29) is 0 Å². The van der Waals surface area contributed by atoms with E-state index in [0.717, 1.165) is 19.1 Å². The van der Waals surface area contributed by atoms with Gasteiger partial charge in [0.15, 0.2) is 0 Å². The summed E-state index contributed by atoms with van der Waals surface area (Å²) in [5.74, 6) is 0.327. The van der Waals surface area contributed by atoms with Crippen molar-refractivity contribution in [3.8, 4) is 0 Å². The van der Waals surface area contributed by atoms with E-state index in [1.54, 1.807) is 0 Å². The quantitative estimate of drug-likeness (QED) is 0.759. The molecule has 0 radical (unpaired) electrons. The Kier molecular flexibility index (Phi) is 4.60. The summed E-state index contributed by atoms with van der Waals surface area (Å²) in [5, 5.41) is 10.3. The van der Waals surface area contributed by atoms with Gasteiger partial charge in [0.05, 0.1) is 5.60 Å². The van der Waals surface area contributed by atoms with E-state index in [0.29, 0.717) is 5.92 Å². The van der Waals surface area contributed by atoms with Gasteiger partial charge in [-0.15, -0.1) is 0 Å². The number of likely N-dealkylation sites (N-methyl/N-ethyl adjacent to an activating group) is 1. The normalized spacial score (nSPS) is 22.6. The molecule has 1 rings (SSSR count). The summed E-state index contributed by atoms with van der Waals surface area (Å²) >= 11 is 0. The summed E-state index contributed by atoms with van der Waals surface area (Å²) in [4.78, 5) is 2.47. The van der Waals surface area contributed by atoms with Crippen molar-refractivity contribution in [2.75, 3.05) is 13.1 Å². The van der Waals surface area contributed by atoms with Gasteiger partial charge in [0.2, 0.25) is 0 Å². The van der Waals surface area contributed by atoms with Gasteiger partial charge in [0, 0.05) is 12.6 Å². The minimum atomic E-state index is -0.543. The van der Waals surface area contributed by atoms with Gasteiger partial charge < -0.3 is 5.11 Å². The van der Waals surface area contributed by atoms with E-state index in [4.69, 9.17) is 0 Å². The lowest BCUT2D eigenvalue weighted by Gasteiger charge is -2.37. The number of rotatable bonds is 5. The predicted molar refractivity (Wildman–Crippen MR) is 65.0 cm³/mol. The fourth-order valence-electron chi connectivity index (χ4n) is 2.36. The van der Waals surface area contributed by atoms with Gasteiger partial charge in [-0.3, -0.25) is 4.90 Å². The lowest BCUT2D eigenvalue weighted by atomic mass is 9.91. The molecule has 2 nitrogen and oxygen atoms in total. The molecule has 15 heavy (non-hydrogen) atoms. The van der Waals surface area contributed by atoms with Crippen LogP contribution < -0.4 is 0 Å². The van der Waals surface area contributed by atoms with Gasteiger partial charge in [0.25, 0.3) is 0 Å². The molecule has 1 N–H and O–H groups in total. The largest absolute Gasteiger partial charge is 0.389 e. The van der Waals surface area contributed by atoms with Crippen LogP contribution in [0.4, 0.5) is 0 Å². The molecule has 0 saturated heterocycles. The van der Waals surface area contributed by atoms with Gasteiger partial charge in [-0.25, -0.2) is 0 Å². The highest BCUT2D eigenvalue weighted by atomic mass is 16.3. The van der Waals surface area contributed by atoms with Crippen LogP contribution in [0, 0.1) is 5.92 Å². The first-order chi connectivity index (χ1) is 6.97. The summed E-state index contributed by atoms with van der Waals surface area (Å²) in [6.07, 6.45) is 5.38. The van der Waals surface area contributed by atoms with Crippen molar-refractivity contribution in [3.63, 3.8) is 0 Å². The van der Waals surface area contributed by atoms with Gasteiger partial charge in [-0.05, 0) is 32.2 Å². The molecule has 1 atom stereocenters. The second-order valence-electron chi connectivity index (χ2n) is 5.51. The standard InChI is InChI=1S/C13H27NO/c1-5-14(12-8-6-7-9-12)10-13(4,15)11(2)3/h11-12,15H,5-10H2,1-4H3. The van der Waals surface area contributed by atoms with Crippen molar-refractivity contribution in [1.82, 2.24) is 4.90 Å². The molecule has 0 heterocycles. The van der Waals surface area contributed by atoms with Crippen molar-refractivity contribution in [2.24, 2.45) is 5.92 Å². The van der Waals surface area contributed by atoms with Gasteiger partial charge in [0.1, 0.15) is 0 Å². The van der Waals surface area contributed by atoms with Gasteiger partial charge in [-0.1, -0.05) is 33.6 Å². The summed E-state index contributed by atoms with van der Waals surface area (Å²) in [6.45, 7) is 10.3. The second kappa shape index (κ2) is 5.31. The number of hydrogen-bond donors (Lipinski definition) is 1. The van der Waals surface area contributed by atoms with Crippen molar-refractivity contribution in [3.05, 3.63) is 0 Å². The minimum Gasteiger partial charge on any atom is -0.389 e. The van der Waals surface area contributed by atoms with Gasteiger partial charge >= 0.3 is 0 Å². The first kappa shape index (κ1) is 13.0. The third-order valence-corrected chi connectivity index (χ3v) is 4.01. The Balaban J connectivity index is 2.52. The van der Waals surface area contributed by atoms with E-state index in [1.807, 2.05) is 6.92 Å². The summed E-state index contributed by atoms with van der Waals surface area (Å²) < 4.78 is 0. The lowest BCUT2D eigenvalue weighted by molar-refractivity contribution is -0.0273. The maximum Gasteiger partial charge on any atom is 0.0768 e. The first-order valence-corrected chi connectivity index (χ1v) is 6.43. The third-order valence-electron chi connectivity index (χ3n) is 4.01. The van der Waals surface area contributed by atoms with Crippen LogP contribution >= 0.6 is 0 Å². The maximum atomic E-state index is 10.3. The zero-order valence-corrected chi connectivity index (χ0v) is 10.8. The van der Waals surface area contributed by atoms with E-state index in [9.17, 15) is 5.11 Å². The van der Waals surface area contributed by atoms with E-state index in [1.165, 1.54) is 25.7 Å². The molecular weight excluding hydrogens is 186 g/mol. The Hall–Kier alpha value is -0.0800. The molecule has 0 spiro atoms. The summed E-state index contributed by atoms with van der Waals surface area (Å²) in [5.41, 5.74) is -0.543. The van der Waals surface area contributed by atoms with Crippen LogP contribution in [0.3, 0.4) is 0 Å². The van der Waals surface area contributed by atoms with Crippen molar-refractivity contribution in [2.45, 2.75) is 65.0 Å². The fraction of sp³-hybridized carbons (Fsp3) is 1.00. The topological polar surface area (TPSA) is 23.5 Å². The molecule has 1 unspecified atom stereocenters. The van der Waals surface area contributed by atoms with Crippen LogP contribution in [0.2, 0.25) is 0 Å². The average molecular weight is 213 g/mol. The molecule has 0 aromatic rings. The highest BCUT2D eigenvalue weighted by Crippen LogP contribution is 2.26. The van der Waals surface area contributed by atoms with Crippen LogP contribution in [0.25, 0.3) is 0 Å². The molecule has 1 fully saturated rings. The fourth-order valence-corrected chi connectivity index (χ4v) is 2.36. The summed E-state index contributed by atoms with van der Waals surface area (Å²) in [7, 11) is 0. The van der Waals surface area contributed by atoms with E-state index in [2.05, 4.69) is 25.7 Å². The van der Waals surface area contributed by atoms with Gasteiger partial charge in [-0.2, -0.15) is 0 Å². The van der Waals surface area contributed by atoms with E-state index < -0.39 is 5.60 Å². The van der Waals surface area contributed by atoms with Crippen LogP contribution in [0.1, 0.15) is 53.4 Å². The smallest absolute Gasteiger partial charge is 0.0768 e. The minimum absolute atomic E-state index is 0.327. The van der Waals surface area contributed by atoms with Crippen LogP contribution in [-0.2, 0) is 0 Å². The highest BCUT2D eigenvalue weighted by molar-refractivity contribution is 4.85. The number of aliphatic hydroxyl groups is 1. The Morgan fingerprint density at radius 2 is 1.87 bits per heavy atom. The molecule has 1 saturated carbocycles. The molecule has 90 valence electrons. The monoisotopic (exact) mass is 213 g/mol. The Bertz CT molecular complexity index is 183. The second-order valence-corrected chi connectivity index (χ2v) is 5.51. The predicted octanol–water partition coefficient (Wildman–Crippen LogP) is 2.66. The molecule has 0 bridgehead atoms. The SMILES string of the molecule is CCN(CC(C)(O)C(C)C)C1CCCC1. The summed E-state index contributed by atoms with van der Waals surface area (Å²) in [6, 6.07) is 0.722. The van der Waals surface area contributed by atoms with Crippen LogP contribution in [0.5, 0.6) is 0 Å². The average Bonchev–Trinajstić information content (AvgIpc) is 2.66. The maximum absolute atomic E-state index is 10.3. The molecule has 0 aromatic heterocycles. The van der Waals surface area contributed by atoms with Crippen molar-refractivity contribution < 1.29 is 5.11 Å². The zero-order chi connectivity index (χ0) is 11.5. The van der Waals surface area contributed by atoms with Crippen LogP contribution in [0.15, 0.2) is 0 Å². The third kappa shape index (κ3) is 3.46. The molecular formula is C13H27NO. The highest BCUT2D eigenvalue weighted by Gasteiger charge is 2.31. The first-order valence-electron chi connectivity index (χ1n) is 6.43.